The second-order valence-corrected chi connectivity index (χ2v) is 5.22. The molecule has 2 nitrogen and oxygen atoms in total. The third kappa shape index (κ3) is 2.53. The van der Waals surface area contributed by atoms with Crippen molar-refractivity contribution in [3.05, 3.63) is 34.6 Å². The van der Waals surface area contributed by atoms with Gasteiger partial charge in [0, 0.05) is 16.6 Å². The molecule has 1 aromatic carbocycles. The molecule has 100 valence electrons. The van der Waals surface area contributed by atoms with Gasteiger partial charge in [0.2, 0.25) is 0 Å². The number of benzene rings is 1. The van der Waals surface area contributed by atoms with Crippen LogP contribution in [-0.2, 0) is 0 Å². The molecule has 0 radical (unpaired) electrons. The van der Waals surface area contributed by atoms with Crippen LogP contribution in [0.5, 0.6) is 0 Å². The molecule has 18 heavy (non-hydrogen) atoms. The Hall–Kier alpha value is -0.640. The topological polar surface area (TPSA) is 15.3 Å². The highest BCUT2D eigenvalue weighted by atomic mass is 35.5. The number of halogens is 2. The van der Waals surface area contributed by atoms with Gasteiger partial charge in [-0.3, -0.25) is 4.90 Å². The maximum atomic E-state index is 14.1. The van der Waals surface area contributed by atoms with E-state index >= 15 is 0 Å². The Labute approximate surface area is 113 Å². The van der Waals surface area contributed by atoms with E-state index in [1.807, 2.05) is 7.05 Å². The SMILES string of the molecule is CCN1CCC(CNC)C1c1c(F)cccc1Cl. The second-order valence-electron chi connectivity index (χ2n) is 4.82. The minimum Gasteiger partial charge on any atom is -0.319 e. The molecule has 1 saturated heterocycles. The number of nitrogens with one attached hydrogen (secondary N) is 1. The number of hydrogen-bond acceptors (Lipinski definition) is 2. The molecule has 2 atom stereocenters. The van der Waals surface area contributed by atoms with Crippen LogP contribution in [0, 0.1) is 11.7 Å². The Morgan fingerprint density at radius 2 is 2.28 bits per heavy atom. The summed E-state index contributed by atoms with van der Waals surface area (Å²) in [6.07, 6.45) is 1.09. The summed E-state index contributed by atoms with van der Waals surface area (Å²) in [5.41, 5.74) is 0.666. The Balaban J connectivity index is 2.37. The van der Waals surface area contributed by atoms with Gasteiger partial charge in [-0.15, -0.1) is 0 Å². The smallest absolute Gasteiger partial charge is 0.129 e. The first-order chi connectivity index (χ1) is 8.69. The van der Waals surface area contributed by atoms with Gasteiger partial charge in [0.15, 0.2) is 0 Å². The molecule has 1 heterocycles. The van der Waals surface area contributed by atoms with Crippen LogP contribution in [0.1, 0.15) is 24.9 Å². The lowest BCUT2D eigenvalue weighted by Gasteiger charge is -2.28. The fraction of sp³-hybridized carbons (Fsp3) is 0.571. The maximum Gasteiger partial charge on any atom is 0.129 e. The summed E-state index contributed by atoms with van der Waals surface area (Å²) in [6, 6.07) is 5.04. The summed E-state index contributed by atoms with van der Waals surface area (Å²) in [5, 5.41) is 3.74. The Morgan fingerprint density at radius 3 is 2.89 bits per heavy atom. The van der Waals surface area contributed by atoms with Crippen LogP contribution >= 0.6 is 11.6 Å². The molecule has 0 spiro atoms. The van der Waals surface area contributed by atoms with Crippen LogP contribution in [-0.4, -0.2) is 31.6 Å². The molecule has 0 bridgehead atoms. The highest BCUT2D eigenvalue weighted by Crippen LogP contribution is 2.40. The van der Waals surface area contributed by atoms with Crippen molar-refractivity contribution >= 4 is 11.6 Å². The molecule has 0 aromatic heterocycles. The van der Waals surface area contributed by atoms with Gasteiger partial charge in [0.1, 0.15) is 5.82 Å². The van der Waals surface area contributed by atoms with Crippen molar-refractivity contribution in [1.29, 1.82) is 0 Å². The minimum absolute atomic E-state index is 0.0937. The Bertz CT molecular complexity index is 391. The number of nitrogens with zero attached hydrogens (tertiary/aromatic N) is 1. The van der Waals surface area contributed by atoms with Crippen LogP contribution in [0.2, 0.25) is 5.02 Å². The minimum atomic E-state index is -0.186. The van der Waals surface area contributed by atoms with Gasteiger partial charge in [-0.2, -0.15) is 0 Å². The Kier molecular flexibility index (Phi) is 4.60. The van der Waals surface area contributed by atoms with Gasteiger partial charge in [-0.1, -0.05) is 24.6 Å². The van der Waals surface area contributed by atoms with Crippen LogP contribution in [0.25, 0.3) is 0 Å². The predicted octanol–water partition coefficient (Wildman–Crippen LogP) is 3.08. The van der Waals surface area contributed by atoms with Gasteiger partial charge in [-0.25, -0.2) is 4.39 Å². The van der Waals surface area contributed by atoms with Crippen LogP contribution in [0.3, 0.4) is 0 Å². The largest absolute Gasteiger partial charge is 0.319 e. The van der Waals surface area contributed by atoms with E-state index in [-0.39, 0.29) is 11.9 Å². The maximum absolute atomic E-state index is 14.1. The van der Waals surface area contributed by atoms with E-state index in [1.165, 1.54) is 6.07 Å². The fourth-order valence-corrected chi connectivity index (χ4v) is 3.24. The summed E-state index contributed by atoms with van der Waals surface area (Å²) >= 11 is 6.21. The van der Waals surface area contributed by atoms with E-state index in [0.29, 0.717) is 16.5 Å². The molecule has 2 rings (SSSR count). The zero-order valence-electron chi connectivity index (χ0n) is 10.9. The third-order valence-electron chi connectivity index (χ3n) is 3.79. The zero-order valence-corrected chi connectivity index (χ0v) is 11.7. The van der Waals surface area contributed by atoms with Gasteiger partial charge in [0.25, 0.3) is 0 Å². The molecular formula is C14H20ClFN2. The van der Waals surface area contributed by atoms with E-state index in [1.54, 1.807) is 12.1 Å². The highest BCUT2D eigenvalue weighted by molar-refractivity contribution is 6.31. The summed E-state index contributed by atoms with van der Waals surface area (Å²) < 4.78 is 14.1. The summed E-state index contributed by atoms with van der Waals surface area (Å²) in [7, 11) is 1.94. The summed E-state index contributed by atoms with van der Waals surface area (Å²) in [5.74, 6) is 0.235. The van der Waals surface area contributed by atoms with E-state index in [0.717, 1.165) is 26.1 Å². The predicted molar refractivity (Wildman–Crippen MR) is 73.4 cm³/mol. The molecule has 0 saturated carbocycles. The lowest BCUT2D eigenvalue weighted by Crippen LogP contribution is -2.30. The van der Waals surface area contributed by atoms with Gasteiger partial charge >= 0.3 is 0 Å². The standard InChI is InChI=1S/C14H20ClFN2/c1-3-18-8-7-10(9-17-2)14(18)13-11(15)5-4-6-12(13)16/h4-6,10,14,17H,3,7-9H2,1-2H3. The van der Waals surface area contributed by atoms with Crippen molar-refractivity contribution in [1.82, 2.24) is 10.2 Å². The average Bonchev–Trinajstić information content (AvgIpc) is 2.73. The molecule has 1 aromatic rings. The normalized spacial score (nSPS) is 24.7. The zero-order chi connectivity index (χ0) is 13.1. The van der Waals surface area contributed by atoms with Crippen molar-refractivity contribution in [2.45, 2.75) is 19.4 Å². The number of rotatable bonds is 4. The van der Waals surface area contributed by atoms with Crippen molar-refractivity contribution in [2.75, 3.05) is 26.7 Å². The second kappa shape index (κ2) is 6.00. The molecular weight excluding hydrogens is 251 g/mol. The van der Waals surface area contributed by atoms with Gasteiger partial charge in [-0.05, 0) is 51.2 Å². The quantitative estimate of drug-likeness (QED) is 0.905. The van der Waals surface area contributed by atoms with E-state index in [4.69, 9.17) is 11.6 Å². The first-order valence-corrected chi connectivity index (χ1v) is 6.89. The van der Waals surface area contributed by atoms with Crippen LogP contribution in [0.15, 0.2) is 18.2 Å². The number of hydrogen-bond donors (Lipinski definition) is 1. The van der Waals surface area contributed by atoms with E-state index in [2.05, 4.69) is 17.1 Å². The van der Waals surface area contributed by atoms with Crippen LogP contribution < -0.4 is 5.32 Å². The van der Waals surface area contributed by atoms with Crippen molar-refractivity contribution in [2.24, 2.45) is 5.92 Å². The average molecular weight is 271 g/mol. The number of likely N-dealkylation sites (tertiary alicyclic amines) is 1. The van der Waals surface area contributed by atoms with Crippen LogP contribution in [0.4, 0.5) is 4.39 Å². The van der Waals surface area contributed by atoms with Crippen molar-refractivity contribution in [3.63, 3.8) is 0 Å². The van der Waals surface area contributed by atoms with E-state index < -0.39 is 0 Å². The first-order valence-electron chi connectivity index (χ1n) is 6.51. The fourth-order valence-electron chi connectivity index (χ4n) is 2.97. The summed E-state index contributed by atoms with van der Waals surface area (Å²) in [6.45, 7) is 4.95. The lowest BCUT2D eigenvalue weighted by atomic mass is 9.93. The molecule has 1 fully saturated rings. The Morgan fingerprint density at radius 1 is 1.50 bits per heavy atom. The molecule has 2 unspecified atom stereocenters. The molecule has 0 aliphatic carbocycles. The van der Waals surface area contributed by atoms with Gasteiger partial charge in [0.05, 0.1) is 0 Å². The van der Waals surface area contributed by atoms with E-state index in [9.17, 15) is 4.39 Å². The highest BCUT2D eigenvalue weighted by Gasteiger charge is 2.36. The monoisotopic (exact) mass is 270 g/mol. The van der Waals surface area contributed by atoms with Crippen molar-refractivity contribution < 1.29 is 4.39 Å². The third-order valence-corrected chi connectivity index (χ3v) is 4.12. The van der Waals surface area contributed by atoms with Crippen molar-refractivity contribution in [3.8, 4) is 0 Å². The lowest BCUT2D eigenvalue weighted by molar-refractivity contribution is 0.233. The molecule has 1 aliphatic rings. The molecule has 4 heteroatoms. The van der Waals surface area contributed by atoms with Gasteiger partial charge < -0.3 is 5.32 Å². The molecule has 0 amide bonds. The summed E-state index contributed by atoms with van der Waals surface area (Å²) in [4.78, 5) is 2.31. The molecule has 1 aliphatic heterocycles. The first kappa shape index (κ1) is 13.8. The molecule has 1 N–H and O–H groups in total.